The molecular weight excluding hydrogens is 366 g/mol. The topological polar surface area (TPSA) is 23.5 Å². The Bertz CT molecular complexity index is 767. The van der Waals surface area contributed by atoms with E-state index < -0.39 is 5.60 Å². The third kappa shape index (κ3) is 4.30. The van der Waals surface area contributed by atoms with Crippen molar-refractivity contribution in [2.75, 3.05) is 19.6 Å². The highest BCUT2D eigenvalue weighted by molar-refractivity contribution is 6.30. The maximum Gasteiger partial charge on any atom is 0.0871 e. The largest absolute Gasteiger partial charge is 0.385 e. The van der Waals surface area contributed by atoms with E-state index in [1.54, 1.807) is 0 Å². The molecular formula is C25H32ClNO. The number of halogens is 1. The first-order valence-corrected chi connectivity index (χ1v) is 11.1. The summed E-state index contributed by atoms with van der Waals surface area (Å²) in [6, 6.07) is 18.7. The minimum atomic E-state index is -0.751. The van der Waals surface area contributed by atoms with Crippen molar-refractivity contribution in [3.8, 4) is 0 Å². The monoisotopic (exact) mass is 397 g/mol. The first kappa shape index (κ1) is 19.9. The van der Waals surface area contributed by atoms with E-state index in [1.807, 2.05) is 49.4 Å². The molecule has 1 aliphatic heterocycles. The summed E-state index contributed by atoms with van der Waals surface area (Å²) in [6.45, 7) is 5.39. The number of likely N-dealkylation sites (tertiary alicyclic amines) is 1. The number of rotatable bonds is 6. The lowest BCUT2D eigenvalue weighted by Crippen LogP contribution is -2.49. The molecule has 2 nitrogen and oxygen atoms in total. The Hall–Kier alpha value is -1.35. The highest BCUT2D eigenvalue weighted by atomic mass is 35.5. The quantitative estimate of drug-likeness (QED) is 0.668. The summed E-state index contributed by atoms with van der Waals surface area (Å²) in [7, 11) is 0. The number of hydrogen-bond donors (Lipinski definition) is 1. The molecule has 2 fully saturated rings. The second-order valence-corrected chi connectivity index (χ2v) is 9.66. The molecule has 150 valence electrons. The van der Waals surface area contributed by atoms with Crippen LogP contribution in [0.5, 0.6) is 0 Å². The molecule has 0 aromatic heterocycles. The Balaban J connectivity index is 1.42. The molecule has 1 aliphatic carbocycles. The van der Waals surface area contributed by atoms with Gasteiger partial charge in [0.05, 0.1) is 5.60 Å². The maximum atomic E-state index is 11.1. The normalized spacial score (nSPS) is 24.3. The van der Waals surface area contributed by atoms with Crippen LogP contribution < -0.4 is 0 Å². The molecule has 0 radical (unpaired) electrons. The van der Waals surface area contributed by atoms with Crippen molar-refractivity contribution in [2.45, 2.75) is 56.5 Å². The Labute approximate surface area is 174 Å². The van der Waals surface area contributed by atoms with Crippen molar-refractivity contribution in [1.82, 2.24) is 4.90 Å². The summed E-state index contributed by atoms with van der Waals surface area (Å²) in [6.07, 6.45) is 7.15. The summed E-state index contributed by atoms with van der Waals surface area (Å²) in [5.74, 6) is 0.548. The van der Waals surface area contributed by atoms with E-state index >= 15 is 0 Å². The minimum Gasteiger partial charge on any atom is -0.385 e. The predicted molar refractivity (Wildman–Crippen MR) is 117 cm³/mol. The van der Waals surface area contributed by atoms with Gasteiger partial charge in [-0.1, -0.05) is 60.5 Å². The van der Waals surface area contributed by atoms with Gasteiger partial charge in [0, 0.05) is 23.5 Å². The highest BCUT2D eigenvalue weighted by Gasteiger charge is 2.41. The molecule has 2 aliphatic rings. The molecule has 0 amide bonds. The molecule has 0 bridgehead atoms. The second-order valence-electron chi connectivity index (χ2n) is 9.23. The van der Waals surface area contributed by atoms with Gasteiger partial charge in [0.2, 0.25) is 0 Å². The second kappa shape index (κ2) is 8.18. The average Bonchev–Trinajstić information content (AvgIpc) is 2.66. The summed E-state index contributed by atoms with van der Waals surface area (Å²) in [4.78, 5) is 2.66. The molecule has 1 heterocycles. The van der Waals surface area contributed by atoms with Gasteiger partial charge in [0.1, 0.15) is 0 Å². The number of piperidine rings is 1. The lowest BCUT2D eigenvalue weighted by molar-refractivity contribution is 0.00885. The number of nitrogens with zero attached hydrogens (tertiary/aromatic N) is 1. The van der Waals surface area contributed by atoms with Crippen LogP contribution in [0.4, 0.5) is 0 Å². The van der Waals surface area contributed by atoms with Crippen LogP contribution in [0.15, 0.2) is 54.6 Å². The van der Waals surface area contributed by atoms with Crippen molar-refractivity contribution >= 4 is 11.6 Å². The van der Waals surface area contributed by atoms with Gasteiger partial charge in [0.15, 0.2) is 0 Å². The molecule has 1 saturated heterocycles. The van der Waals surface area contributed by atoms with Crippen molar-refractivity contribution in [1.29, 1.82) is 0 Å². The van der Waals surface area contributed by atoms with Crippen LogP contribution in [-0.4, -0.2) is 29.6 Å². The van der Waals surface area contributed by atoms with Crippen molar-refractivity contribution in [3.05, 3.63) is 70.7 Å². The summed E-state index contributed by atoms with van der Waals surface area (Å²) in [5, 5.41) is 11.9. The molecule has 28 heavy (non-hydrogen) atoms. The predicted octanol–water partition coefficient (Wildman–Crippen LogP) is 5.77. The maximum absolute atomic E-state index is 11.1. The Morgan fingerprint density at radius 2 is 1.79 bits per heavy atom. The van der Waals surface area contributed by atoms with Gasteiger partial charge in [0.25, 0.3) is 0 Å². The molecule has 2 atom stereocenters. The molecule has 1 saturated carbocycles. The van der Waals surface area contributed by atoms with Gasteiger partial charge >= 0.3 is 0 Å². The van der Waals surface area contributed by atoms with Crippen molar-refractivity contribution < 1.29 is 5.11 Å². The lowest BCUT2D eigenvalue weighted by atomic mass is 9.64. The van der Waals surface area contributed by atoms with Gasteiger partial charge < -0.3 is 10.0 Å². The van der Waals surface area contributed by atoms with Gasteiger partial charge in [-0.25, -0.2) is 0 Å². The summed E-state index contributed by atoms with van der Waals surface area (Å²) >= 11 is 6.11. The molecule has 3 heteroatoms. The van der Waals surface area contributed by atoms with E-state index in [-0.39, 0.29) is 0 Å². The lowest BCUT2D eigenvalue weighted by Gasteiger charge is -2.48. The fraction of sp³-hybridized carbons (Fsp3) is 0.520. The average molecular weight is 398 g/mol. The molecule has 2 aromatic carbocycles. The summed E-state index contributed by atoms with van der Waals surface area (Å²) < 4.78 is 0. The fourth-order valence-corrected chi connectivity index (χ4v) is 5.44. The van der Waals surface area contributed by atoms with Gasteiger partial charge in [-0.15, -0.1) is 0 Å². The molecule has 0 spiro atoms. The third-order valence-electron chi connectivity index (χ3n) is 6.98. The minimum absolute atomic E-state index is 0.300. The zero-order valence-electron chi connectivity index (χ0n) is 16.9. The summed E-state index contributed by atoms with van der Waals surface area (Å²) in [5.41, 5.74) is 2.03. The van der Waals surface area contributed by atoms with Crippen LogP contribution in [0, 0.1) is 5.92 Å². The van der Waals surface area contributed by atoms with Crippen LogP contribution in [0.3, 0.4) is 0 Å². The third-order valence-corrected chi connectivity index (χ3v) is 7.23. The van der Waals surface area contributed by atoms with Crippen LogP contribution in [0.1, 0.15) is 56.6 Å². The molecule has 4 rings (SSSR count). The zero-order chi connectivity index (χ0) is 19.6. The van der Waals surface area contributed by atoms with Crippen LogP contribution >= 0.6 is 11.6 Å². The number of hydrogen-bond acceptors (Lipinski definition) is 2. The van der Waals surface area contributed by atoms with Crippen LogP contribution in [0.25, 0.3) is 0 Å². The van der Waals surface area contributed by atoms with E-state index in [4.69, 9.17) is 11.6 Å². The van der Waals surface area contributed by atoms with E-state index in [1.165, 1.54) is 44.2 Å². The fourth-order valence-electron chi connectivity index (χ4n) is 5.31. The number of aliphatic hydroxyl groups is 1. The first-order chi connectivity index (χ1) is 13.5. The highest BCUT2D eigenvalue weighted by Crippen LogP contribution is 2.45. The van der Waals surface area contributed by atoms with Crippen molar-refractivity contribution in [3.63, 3.8) is 0 Å². The van der Waals surface area contributed by atoms with E-state index in [0.29, 0.717) is 11.3 Å². The SMILES string of the molecule is C[C@](O)(CC1CCCN(CC2(c3ccc(Cl)cc3)CCC2)C1)c1ccccc1. The van der Waals surface area contributed by atoms with E-state index in [0.717, 1.165) is 30.1 Å². The Morgan fingerprint density at radius 1 is 1.07 bits per heavy atom. The van der Waals surface area contributed by atoms with Gasteiger partial charge in [-0.2, -0.15) is 0 Å². The van der Waals surface area contributed by atoms with Crippen LogP contribution in [0.2, 0.25) is 5.02 Å². The Kier molecular flexibility index (Phi) is 5.83. The van der Waals surface area contributed by atoms with Crippen LogP contribution in [-0.2, 0) is 11.0 Å². The zero-order valence-corrected chi connectivity index (χ0v) is 17.7. The van der Waals surface area contributed by atoms with E-state index in [2.05, 4.69) is 17.0 Å². The first-order valence-electron chi connectivity index (χ1n) is 10.7. The standard InChI is InChI=1S/C25H32ClNO/c1-24(28,21-8-3-2-4-9-21)17-20-7-5-16-27(18-20)19-25(14-6-15-25)22-10-12-23(26)13-11-22/h2-4,8-13,20,28H,5-7,14-19H2,1H3/t20?,24-/m0/s1. The van der Waals surface area contributed by atoms with Gasteiger partial charge in [-0.3, -0.25) is 0 Å². The molecule has 1 N–H and O–H groups in total. The molecule has 2 aromatic rings. The number of benzene rings is 2. The van der Waals surface area contributed by atoms with Gasteiger partial charge in [-0.05, 0) is 74.8 Å². The Morgan fingerprint density at radius 3 is 2.43 bits per heavy atom. The smallest absolute Gasteiger partial charge is 0.0871 e. The molecule has 1 unspecified atom stereocenters. The van der Waals surface area contributed by atoms with Crippen molar-refractivity contribution in [2.24, 2.45) is 5.92 Å². The van der Waals surface area contributed by atoms with E-state index in [9.17, 15) is 5.11 Å².